The molecule has 0 unspecified atom stereocenters. The van der Waals surface area contributed by atoms with Gasteiger partial charge in [-0.15, -0.1) is 0 Å². The number of phenols is 1. The summed E-state index contributed by atoms with van der Waals surface area (Å²) < 4.78 is 29.1. The van der Waals surface area contributed by atoms with Gasteiger partial charge in [-0.2, -0.15) is 5.10 Å². The van der Waals surface area contributed by atoms with Crippen molar-refractivity contribution in [1.82, 2.24) is 9.78 Å². The van der Waals surface area contributed by atoms with Crippen molar-refractivity contribution in [3.05, 3.63) is 48.2 Å². The van der Waals surface area contributed by atoms with Crippen molar-refractivity contribution >= 4 is 16.6 Å². The second kappa shape index (κ2) is 5.78. The van der Waals surface area contributed by atoms with Crippen LogP contribution < -0.4 is 4.90 Å². The monoisotopic (exact) mass is 329 g/mol. The van der Waals surface area contributed by atoms with E-state index in [0.717, 1.165) is 24.8 Å². The van der Waals surface area contributed by atoms with Crippen LogP contribution in [0.3, 0.4) is 0 Å². The number of anilines is 1. The van der Waals surface area contributed by atoms with Crippen molar-refractivity contribution in [2.75, 3.05) is 18.0 Å². The molecule has 0 aliphatic carbocycles. The maximum atomic E-state index is 14.2. The maximum absolute atomic E-state index is 14.2. The van der Waals surface area contributed by atoms with Gasteiger partial charge in [-0.25, -0.2) is 13.5 Å². The molecule has 1 aliphatic heterocycles. The summed E-state index contributed by atoms with van der Waals surface area (Å²) in [5.41, 5.74) is 1.86. The van der Waals surface area contributed by atoms with Gasteiger partial charge in [0.05, 0.1) is 11.9 Å². The fourth-order valence-electron chi connectivity index (χ4n) is 3.26. The minimum Gasteiger partial charge on any atom is -0.503 e. The van der Waals surface area contributed by atoms with E-state index in [9.17, 15) is 13.9 Å². The van der Waals surface area contributed by atoms with E-state index in [4.69, 9.17) is 0 Å². The van der Waals surface area contributed by atoms with Crippen molar-refractivity contribution in [3.8, 4) is 11.4 Å². The summed E-state index contributed by atoms with van der Waals surface area (Å²) in [5, 5.41) is 14.0. The molecule has 1 fully saturated rings. The molecule has 0 saturated carbocycles. The molecule has 2 heterocycles. The van der Waals surface area contributed by atoms with Gasteiger partial charge in [0.1, 0.15) is 5.52 Å². The minimum atomic E-state index is -0.998. The Kier molecular flexibility index (Phi) is 3.59. The third-order valence-corrected chi connectivity index (χ3v) is 4.54. The number of fused-ring (bicyclic) bond motifs is 1. The maximum Gasteiger partial charge on any atom is 0.194 e. The Morgan fingerprint density at radius 3 is 2.33 bits per heavy atom. The van der Waals surface area contributed by atoms with Crippen LogP contribution in [0.4, 0.5) is 14.5 Å². The van der Waals surface area contributed by atoms with Crippen molar-refractivity contribution < 1.29 is 13.9 Å². The Morgan fingerprint density at radius 1 is 0.958 bits per heavy atom. The number of halogens is 2. The summed E-state index contributed by atoms with van der Waals surface area (Å²) in [6.07, 6.45) is 5.05. The number of aromatic hydroxyl groups is 1. The lowest BCUT2D eigenvalue weighted by Crippen LogP contribution is -2.29. The molecular weight excluding hydrogens is 312 g/mol. The molecule has 3 aromatic rings. The van der Waals surface area contributed by atoms with Gasteiger partial charge < -0.3 is 10.0 Å². The summed E-state index contributed by atoms with van der Waals surface area (Å²) in [4.78, 5) is 2.33. The molecule has 4 nitrogen and oxygen atoms in total. The van der Waals surface area contributed by atoms with E-state index in [-0.39, 0.29) is 5.52 Å². The van der Waals surface area contributed by atoms with E-state index in [1.807, 2.05) is 24.3 Å². The molecule has 0 amide bonds. The molecule has 1 aromatic heterocycles. The molecule has 1 N–H and O–H groups in total. The van der Waals surface area contributed by atoms with Gasteiger partial charge in [-0.1, -0.05) is 0 Å². The Hall–Kier alpha value is -2.63. The number of hydrogen-bond acceptors (Lipinski definition) is 3. The molecule has 6 heteroatoms. The van der Waals surface area contributed by atoms with Crippen LogP contribution in [0.1, 0.15) is 19.3 Å². The van der Waals surface area contributed by atoms with Crippen molar-refractivity contribution in [3.63, 3.8) is 0 Å². The lowest BCUT2D eigenvalue weighted by molar-refractivity contribution is 0.399. The van der Waals surface area contributed by atoms with Crippen molar-refractivity contribution in [2.24, 2.45) is 0 Å². The van der Waals surface area contributed by atoms with Crippen molar-refractivity contribution in [1.29, 1.82) is 0 Å². The minimum absolute atomic E-state index is 0.0691. The van der Waals surface area contributed by atoms with E-state index in [2.05, 4.69) is 10.00 Å². The predicted octanol–water partition coefficient (Wildman–Crippen LogP) is 4.00. The standard InChI is InChI=1S/C18H17F2N3O/c19-15-10-12-11-21-23(17(12)16(20)18(15)24)14-6-4-13(5-7-14)22-8-2-1-3-9-22/h4-7,10-11,24H,1-3,8-9H2. The number of benzene rings is 2. The first-order valence-electron chi connectivity index (χ1n) is 8.05. The van der Waals surface area contributed by atoms with Gasteiger partial charge >= 0.3 is 0 Å². The number of nitrogens with zero attached hydrogens (tertiary/aromatic N) is 3. The lowest BCUT2D eigenvalue weighted by Gasteiger charge is -2.28. The summed E-state index contributed by atoms with van der Waals surface area (Å²) >= 11 is 0. The molecule has 0 atom stereocenters. The van der Waals surface area contributed by atoms with Crippen molar-refractivity contribution in [2.45, 2.75) is 19.3 Å². The fraction of sp³-hybridized carbons (Fsp3) is 0.278. The van der Waals surface area contributed by atoms with Gasteiger partial charge in [0.2, 0.25) is 0 Å². The van der Waals surface area contributed by atoms with Crippen LogP contribution >= 0.6 is 0 Å². The molecule has 0 bridgehead atoms. The average Bonchev–Trinajstić information content (AvgIpc) is 3.04. The van der Waals surface area contributed by atoms with Gasteiger partial charge in [-0.3, -0.25) is 0 Å². The second-order valence-corrected chi connectivity index (χ2v) is 6.08. The fourth-order valence-corrected chi connectivity index (χ4v) is 3.26. The highest BCUT2D eigenvalue weighted by Crippen LogP contribution is 2.30. The Balaban J connectivity index is 1.74. The molecule has 4 rings (SSSR count). The molecule has 1 aliphatic rings. The molecular formula is C18H17F2N3O. The highest BCUT2D eigenvalue weighted by molar-refractivity contribution is 5.82. The Bertz CT molecular complexity index is 883. The first-order chi connectivity index (χ1) is 11.6. The predicted molar refractivity (Wildman–Crippen MR) is 88.7 cm³/mol. The third-order valence-electron chi connectivity index (χ3n) is 4.54. The Labute approximate surface area is 137 Å². The highest BCUT2D eigenvalue weighted by Gasteiger charge is 2.18. The van der Waals surface area contributed by atoms with Crippen LogP contribution in [-0.4, -0.2) is 28.0 Å². The highest BCUT2D eigenvalue weighted by atomic mass is 19.1. The van der Waals surface area contributed by atoms with Gasteiger partial charge in [0, 0.05) is 24.2 Å². The normalized spacial score (nSPS) is 15.2. The molecule has 0 radical (unpaired) electrons. The number of piperidine rings is 1. The Morgan fingerprint density at radius 2 is 1.62 bits per heavy atom. The number of hydrogen-bond donors (Lipinski definition) is 1. The van der Waals surface area contributed by atoms with Crippen LogP contribution in [0.15, 0.2) is 36.5 Å². The average molecular weight is 329 g/mol. The van der Waals surface area contributed by atoms with E-state index < -0.39 is 17.4 Å². The SMILES string of the molecule is Oc1c(F)cc2cnn(-c3ccc(N4CCCCC4)cc3)c2c1F. The van der Waals surface area contributed by atoms with Gasteiger partial charge in [0.25, 0.3) is 0 Å². The third kappa shape index (κ3) is 2.38. The summed E-state index contributed by atoms with van der Waals surface area (Å²) in [7, 11) is 0. The van der Waals surface area contributed by atoms with Crippen LogP contribution in [0, 0.1) is 11.6 Å². The first kappa shape index (κ1) is 14.9. The topological polar surface area (TPSA) is 41.3 Å². The molecule has 0 spiro atoms. The largest absolute Gasteiger partial charge is 0.503 e. The van der Waals surface area contributed by atoms with Crippen LogP contribution in [0.2, 0.25) is 0 Å². The van der Waals surface area contributed by atoms with Gasteiger partial charge in [-0.05, 0) is 49.6 Å². The number of rotatable bonds is 2. The molecule has 1 saturated heterocycles. The number of phenolic OH excluding ortho intramolecular Hbond substituents is 1. The van der Waals surface area contributed by atoms with E-state index in [1.165, 1.54) is 30.1 Å². The zero-order chi connectivity index (χ0) is 16.7. The van der Waals surface area contributed by atoms with Crippen LogP contribution in [-0.2, 0) is 0 Å². The van der Waals surface area contributed by atoms with Crippen LogP contribution in [0.25, 0.3) is 16.6 Å². The molecule has 124 valence electrons. The molecule has 24 heavy (non-hydrogen) atoms. The molecule has 2 aromatic carbocycles. The first-order valence-corrected chi connectivity index (χ1v) is 8.05. The zero-order valence-electron chi connectivity index (χ0n) is 13.0. The quantitative estimate of drug-likeness (QED) is 0.773. The van der Waals surface area contributed by atoms with E-state index in [1.54, 1.807) is 0 Å². The lowest BCUT2D eigenvalue weighted by atomic mass is 10.1. The number of aromatic nitrogens is 2. The second-order valence-electron chi connectivity index (χ2n) is 6.08. The summed E-state index contributed by atoms with van der Waals surface area (Å²) in [5.74, 6) is -2.96. The summed E-state index contributed by atoms with van der Waals surface area (Å²) in [6, 6.07) is 8.76. The van der Waals surface area contributed by atoms with Crippen LogP contribution in [0.5, 0.6) is 5.75 Å². The smallest absolute Gasteiger partial charge is 0.194 e. The van der Waals surface area contributed by atoms with Gasteiger partial charge in [0.15, 0.2) is 17.4 Å². The van der Waals surface area contributed by atoms with E-state index in [0.29, 0.717) is 11.1 Å². The van der Waals surface area contributed by atoms with E-state index >= 15 is 0 Å². The zero-order valence-corrected chi connectivity index (χ0v) is 13.0. The summed E-state index contributed by atoms with van der Waals surface area (Å²) in [6.45, 7) is 2.09.